The SMILES string of the molecule is CCC(NC(=O)CCCCO)c1ccc(C)cc1. The van der Waals surface area contributed by atoms with E-state index in [4.69, 9.17) is 5.11 Å². The second kappa shape index (κ2) is 7.88. The van der Waals surface area contributed by atoms with E-state index in [0.29, 0.717) is 12.8 Å². The lowest BCUT2D eigenvalue weighted by atomic mass is 10.0. The van der Waals surface area contributed by atoms with Crippen LogP contribution in [-0.2, 0) is 4.79 Å². The van der Waals surface area contributed by atoms with Gasteiger partial charge in [0.1, 0.15) is 0 Å². The molecule has 0 saturated heterocycles. The number of amides is 1. The van der Waals surface area contributed by atoms with E-state index < -0.39 is 0 Å². The molecule has 0 spiro atoms. The fourth-order valence-corrected chi connectivity index (χ4v) is 1.88. The summed E-state index contributed by atoms with van der Waals surface area (Å²) in [5.74, 6) is 0.0656. The molecule has 100 valence electrons. The second-order valence-corrected chi connectivity index (χ2v) is 4.62. The van der Waals surface area contributed by atoms with Gasteiger partial charge >= 0.3 is 0 Å². The molecule has 0 bridgehead atoms. The van der Waals surface area contributed by atoms with Crippen molar-refractivity contribution in [3.8, 4) is 0 Å². The highest BCUT2D eigenvalue weighted by molar-refractivity contribution is 5.76. The molecule has 0 radical (unpaired) electrons. The summed E-state index contributed by atoms with van der Waals surface area (Å²) in [6.07, 6.45) is 2.80. The number of aryl methyl sites for hydroxylation is 1. The predicted octanol–water partition coefficient (Wildman–Crippen LogP) is 2.72. The number of benzene rings is 1. The summed E-state index contributed by atoms with van der Waals surface area (Å²) in [6.45, 7) is 4.28. The van der Waals surface area contributed by atoms with Crippen molar-refractivity contribution in [3.63, 3.8) is 0 Å². The molecule has 1 unspecified atom stereocenters. The first kappa shape index (κ1) is 14.7. The van der Waals surface area contributed by atoms with E-state index in [2.05, 4.69) is 43.4 Å². The normalized spacial score (nSPS) is 12.2. The van der Waals surface area contributed by atoms with Gasteiger partial charge in [-0.1, -0.05) is 36.8 Å². The van der Waals surface area contributed by atoms with Gasteiger partial charge in [0.05, 0.1) is 6.04 Å². The number of aliphatic hydroxyl groups is 1. The minimum absolute atomic E-state index is 0.0656. The highest BCUT2D eigenvalue weighted by atomic mass is 16.2. The molecule has 1 rings (SSSR count). The van der Waals surface area contributed by atoms with E-state index in [-0.39, 0.29) is 18.6 Å². The van der Waals surface area contributed by atoms with Crippen molar-refractivity contribution < 1.29 is 9.90 Å². The van der Waals surface area contributed by atoms with Crippen LogP contribution < -0.4 is 5.32 Å². The van der Waals surface area contributed by atoms with Gasteiger partial charge in [-0.25, -0.2) is 0 Å². The lowest BCUT2D eigenvalue weighted by molar-refractivity contribution is -0.122. The molecule has 3 nitrogen and oxygen atoms in total. The molecule has 1 amide bonds. The van der Waals surface area contributed by atoms with Gasteiger partial charge in [-0.05, 0) is 31.7 Å². The highest BCUT2D eigenvalue weighted by Gasteiger charge is 2.11. The first-order valence-electron chi connectivity index (χ1n) is 6.64. The molecule has 1 aromatic rings. The predicted molar refractivity (Wildman–Crippen MR) is 73.3 cm³/mol. The fraction of sp³-hybridized carbons (Fsp3) is 0.533. The van der Waals surface area contributed by atoms with Crippen LogP contribution in [0.5, 0.6) is 0 Å². The van der Waals surface area contributed by atoms with Crippen molar-refractivity contribution in [1.29, 1.82) is 0 Å². The van der Waals surface area contributed by atoms with E-state index in [1.54, 1.807) is 0 Å². The first-order chi connectivity index (χ1) is 8.67. The van der Waals surface area contributed by atoms with E-state index >= 15 is 0 Å². The van der Waals surface area contributed by atoms with E-state index in [1.165, 1.54) is 5.56 Å². The summed E-state index contributed by atoms with van der Waals surface area (Å²) in [5, 5.41) is 11.7. The van der Waals surface area contributed by atoms with Gasteiger partial charge in [0, 0.05) is 13.0 Å². The lowest BCUT2D eigenvalue weighted by Gasteiger charge is -2.17. The van der Waals surface area contributed by atoms with Gasteiger partial charge in [-0.15, -0.1) is 0 Å². The summed E-state index contributed by atoms with van der Waals surface area (Å²) in [6, 6.07) is 8.35. The number of carbonyl (C=O) groups excluding carboxylic acids is 1. The Bertz CT molecular complexity index is 359. The number of unbranched alkanes of at least 4 members (excludes halogenated alkanes) is 1. The van der Waals surface area contributed by atoms with Crippen LogP contribution in [-0.4, -0.2) is 17.6 Å². The zero-order valence-electron chi connectivity index (χ0n) is 11.3. The topological polar surface area (TPSA) is 49.3 Å². The number of hydrogen-bond acceptors (Lipinski definition) is 2. The van der Waals surface area contributed by atoms with Crippen LogP contribution >= 0.6 is 0 Å². The zero-order valence-corrected chi connectivity index (χ0v) is 11.3. The van der Waals surface area contributed by atoms with Crippen molar-refractivity contribution in [1.82, 2.24) is 5.32 Å². The maximum absolute atomic E-state index is 11.7. The quantitative estimate of drug-likeness (QED) is 0.730. The van der Waals surface area contributed by atoms with Crippen LogP contribution in [0.2, 0.25) is 0 Å². The summed E-state index contributed by atoms with van der Waals surface area (Å²) in [5.41, 5.74) is 2.38. The Balaban J connectivity index is 2.51. The Hall–Kier alpha value is -1.35. The number of nitrogens with one attached hydrogen (secondary N) is 1. The Morgan fingerprint density at radius 1 is 1.28 bits per heavy atom. The molecule has 0 aromatic heterocycles. The Kier molecular flexibility index (Phi) is 6.44. The number of aliphatic hydroxyl groups excluding tert-OH is 1. The molecule has 0 aliphatic heterocycles. The van der Waals surface area contributed by atoms with Gasteiger partial charge < -0.3 is 10.4 Å². The summed E-state index contributed by atoms with van der Waals surface area (Å²) >= 11 is 0. The molecule has 0 saturated carbocycles. The fourth-order valence-electron chi connectivity index (χ4n) is 1.88. The zero-order chi connectivity index (χ0) is 13.4. The van der Waals surface area contributed by atoms with Crippen LogP contribution in [0.1, 0.15) is 49.8 Å². The molecular formula is C15H23NO2. The standard InChI is InChI=1S/C15H23NO2/c1-3-14(13-9-7-12(2)8-10-13)16-15(18)6-4-5-11-17/h7-10,14,17H,3-6,11H2,1-2H3,(H,16,18). The Morgan fingerprint density at radius 3 is 2.50 bits per heavy atom. The molecule has 1 aromatic carbocycles. The molecule has 0 aliphatic rings. The average Bonchev–Trinajstić information content (AvgIpc) is 2.37. The minimum Gasteiger partial charge on any atom is -0.396 e. The van der Waals surface area contributed by atoms with Crippen molar-refractivity contribution in [3.05, 3.63) is 35.4 Å². The van der Waals surface area contributed by atoms with E-state index in [9.17, 15) is 4.79 Å². The van der Waals surface area contributed by atoms with Gasteiger partial charge in [0.25, 0.3) is 0 Å². The second-order valence-electron chi connectivity index (χ2n) is 4.62. The maximum Gasteiger partial charge on any atom is 0.220 e. The number of hydrogen-bond donors (Lipinski definition) is 2. The van der Waals surface area contributed by atoms with Gasteiger partial charge in [0.15, 0.2) is 0 Å². The third-order valence-electron chi connectivity index (χ3n) is 3.04. The Morgan fingerprint density at radius 2 is 1.94 bits per heavy atom. The van der Waals surface area contributed by atoms with E-state index in [0.717, 1.165) is 18.4 Å². The smallest absolute Gasteiger partial charge is 0.220 e. The molecule has 0 heterocycles. The molecule has 3 heteroatoms. The highest BCUT2D eigenvalue weighted by Crippen LogP contribution is 2.17. The largest absolute Gasteiger partial charge is 0.396 e. The monoisotopic (exact) mass is 249 g/mol. The minimum atomic E-state index is 0.0656. The number of carbonyl (C=O) groups is 1. The van der Waals surface area contributed by atoms with Gasteiger partial charge in [0.2, 0.25) is 5.91 Å². The molecule has 0 fully saturated rings. The molecular weight excluding hydrogens is 226 g/mol. The van der Waals surface area contributed by atoms with Crippen molar-refractivity contribution >= 4 is 5.91 Å². The third-order valence-corrected chi connectivity index (χ3v) is 3.04. The van der Waals surface area contributed by atoms with Crippen LogP contribution in [0.4, 0.5) is 0 Å². The molecule has 0 aliphatic carbocycles. The number of rotatable bonds is 7. The maximum atomic E-state index is 11.7. The summed E-state index contributed by atoms with van der Waals surface area (Å²) in [4.78, 5) is 11.7. The summed E-state index contributed by atoms with van der Waals surface area (Å²) < 4.78 is 0. The first-order valence-corrected chi connectivity index (χ1v) is 6.64. The average molecular weight is 249 g/mol. The molecule has 18 heavy (non-hydrogen) atoms. The summed E-state index contributed by atoms with van der Waals surface area (Å²) in [7, 11) is 0. The van der Waals surface area contributed by atoms with Crippen molar-refractivity contribution in [2.45, 2.75) is 45.6 Å². The molecule has 2 N–H and O–H groups in total. The van der Waals surface area contributed by atoms with Crippen LogP contribution in [0, 0.1) is 6.92 Å². The molecule has 1 atom stereocenters. The van der Waals surface area contributed by atoms with E-state index in [1.807, 2.05) is 0 Å². The van der Waals surface area contributed by atoms with Gasteiger partial charge in [-0.2, -0.15) is 0 Å². The lowest BCUT2D eigenvalue weighted by Crippen LogP contribution is -2.27. The van der Waals surface area contributed by atoms with Crippen molar-refractivity contribution in [2.24, 2.45) is 0 Å². The van der Waals surface area contributed by atoms with Crippen LogP contribution in [0.15, 0.2) is 24.3 Å². The van der Waals surface area contributed by atoms with Crippen LogP contribution in [0.25, 0.3) is 0 Å². The van der Waals surface area contributed by atoms with Gasteiger partial charge in [-0.3, -0.25) is 4.79 Å². The third kappa shape index (κ3) is 4.88. The Labute approximate surface area is 109 Å². The van der Waals surface area contributed by atoms with Crippen molar-refractivity contribution in [2.75, 3.05) is 6.61 Å². The van der Waals surface area contributed by atoms with Crippen LogP contribution in [0.3, 0.4) is 0 Å².